The van der Waals surface area contributed by atoms with E-state index in [1.807, 2.05) is 0 Å². The fraction of sp³-hybridized carbons (Fsp3) is 1.00. The van der Waals surface area contributed by atoms with Gasteiger partial charge in [0.25, 0.3) is 0 Å². The van der Waals surface area contributed by atoms with Crippen LogP contribution in [0.3, 0.4) is 0 Å². The summed E-state index contributed by atoms with van der Waals surface area (Å²) in [6, 6.07) is 0.808. The second kappa shape index (κ2) is 5.03. The van der Waals surface area contributed by atoms with Crippen molar-refractivity contribution in [1.82, 2.24) is 10.2 Å². The van der Waals surface area contributed by atoms with Crippen molar-refractivity contribution in [1.29, 1.82) is 0 Å². The topological polar surface area (TPSA) is 35.5 Å². The van der Waals surface area contributed by atoms with Gasteiger partial charge in [0.15, 0.2) is 0 Å². The molecule has 2 aliphatic rings. The minimum absolute atomic E-state index is 0.354. The first-order valence-electron chi connectivity index (χ1n) is 6.66. The number of nitrogens with zero attached hydrogens (tertiary/aromatic N) is 1. The molecule has 1 aliphatic heterocycles. The highest BCUT2D eigenvalue weighted by Gasteiger charge is 2.29. The van der Waals surface area contributed by atoms with E-state index in [-0.39, 0.29) is 0 Å². The standard InChI is InChI=1S/C13H26N2O/c1-13(2,9-14-12-3-4-12)10-15-6-5-11(7-15)8-16/h11-12,14,16H,3-10H2,1-2H3. The van der Waals surface area contributed by atoms with Gasteiger partial charge in [0.05, 0.1) is 0 Å². The van der Waals surface area contributed by atoms with Gasteiger partial charge in [-0.05, 0) is 37.1 Å². The number of nitrogens with one attached hydrogen (secondary N) is 1. The van der Waals surface area contributed by atoms with E-state index in [1.54, 1.807) is 0 Å². The first-order valence-corrected chi connectivity index (χ1v) is 6.66. The largest absolute Gasteiger partial charge is 0.396 e. The summed E-state index contributed by atoms with van der Waals surface area (Å²) in [5, 5.41) is 12.7. The van der Waals surface area contributed by atoms with Crippen LogP contribution in [0.1, 0.15) is 33.1 Å². The SMILES string of the molecule is CC(C)(CNC1CC1)CN1CCC(CO)C1. The van der Waals surface area contributed by atoms with Crippen molar-refractivity contribution in [2.75, 3.05) is 32.8 Å². The molecule has 16 heavy (non-hydrogen) atoms. The van der Waals surface area contributed by atoms with Crippen LogP contribution in [0, 0.1) is 11.3 Å². The van der Waals surface area contributed by atoms with Crippen molar-refractivity contribution in [3.63, 3.8) is 0 Å². The maximum Gasteiger partial charge on any atom is 0.0471 e. The van der Waals surface area contributed by atoms with Crippen LogP contribution in [0.4, 0.5) is 0 Å². The first-order chi connectivity index (χ1) is 7.59. The maximum atomic E-state index is 9.13. The number of rotatable bonds is 6. The van der Waals surface area contributed by atoms with Crippen molar-refractivity contribution in [3.05, 3.63) is 0 Å². The average molecular weight is 226 g/mol. The van der Waals surface area contributed by atoms with Crippen LogP contribution in [-0.4, -0.2) is 48.8 Å². The summed E-state index contributed by atoms with van der Waals surface area (Å²) >= 11 is 0. The number of aliphatic hydroxyl groups is 1. The Bertz CT molecular complexity index is 226. The number of aliphatic hydroxyl groups excluding tert-OH is 1. The highest BCUT2D eigenvalue weighted by molar-refractivity contribution is 4.86. The first kappa shape index (κ1) is 12.3. The van der Waals surface area contributed by atoms with E-state index in [4.69, 9.17) is 5.11 Å². The minimum atomic E-state index is 0.354. The van der Waals surface area contributed by atoms with Crippen molar-refractivity contribution in [3.8, 4) is 0 Å². The van der Waals surface area contributed by atoms with E-state index < -0.39 is 0 Å². The lowest BCUT2D eigenvalue weighted by Crippen LogP contribution is -2.40. The Hall–Kier alpha value is -0.120. The van der Waals surface area contributed by atoms with Gasteiger partial charge in [0.1, 0.15) is 0 Å². The molecule has 0 aromatic carbocycles. The van der Waals surface area contributed by atoms with Crippen LogP contribution in [0.5, 0.6) is 0 Å². The number of hydrogen-bond donors (Lipinski definition) is 2. The summed E-state index contributed by atoms with van der Waals surface area (Å²) in [4.78, 5) is 2.51. The predicted octanol–water partition coefficient (Wildman–Crippen LogP) is 1.08. The van der Waals surface area contributed by atoms with Gasteiger partial charge in [0.2, 0.25) is 0 Å². The van der Waals surface area contributed by atoms with Crippen molar-refractivity contribution in [2.24, 2.45) is 11.3 Å². The lowest BCUT2D eigenvalue weighted by molar-refractivity contribution is 0.181. The number of hydrogen-bond acceptors (Lipinski definition) is 3. The van der Waals surface area contributed by atoms with Gasteiger partial charge >= 0.3 is 0 Å². The zero-order valence-corrected chi connectivity index (χ0v) is 10.7. The lowest BCUT2D eigenvalue weighted by Gasteiger charge is -2.30. The molecule has 0 amide bonds. The average Bonchev–Trinajstić information content (AvgIpc) is 2.96. The van der Waals surface area contributed by atoms with Crippen LogP contribution in [0.25, 0.3) is 0 Å². The summed E-state index contributed by atoms with van der Waals surface area (Å²) in [5.41, 5.74) is 0.354. The molecule has 3 heteroatoms. The Morgan fingerprint density at radius 1 is 1.31 bits per heavy atom. The third-order valence-corrected chi connectivity index (χ3v) is 3.73. The predicted molar refractivity (Wildman–Crippen MR) is 66.4 cm³/mol. The van der Waals surface area contributed by atoms with Crippen molar-refractivity contribution < 1.29 is 5.11 Å². The highest BCUT2D eigenvalue weighted by atomic mass is 16.3. The summed E-state index contributed by atoms with van der Waals surface area (Å²) in [7, 11) is 0. The van der Waals surface area contributed by atoms with E-state index in [2.05, 4.69) is 24.1 Å². The molecule has 1 atom stereocenters. The molecule has 0 spiro atoms. The smallest absolute Gasteiger partial charge is 0.0471 e. The van der Waals surface area contributed by atoms with E-state index in [1.165, 1.54) is 19.3 Å². The van der Waals surface area contributed by atoms with Gasteiger partial charge in [-0.1, -0.05) is 13.8 Å². The molecule has 0 radical (unpaired) electrons. The molecule has 0 aromatic heterocycles. The summed E-state index contributed by atoms with van der Waals surface area (Å²) in [5.74, 6) is 0.521. The van der Waals surface area contributed by atoms with Gasteiger partial charge in [-0.2, -0.15) is 0 Å². The van der Waals surface area contributed by atoms with Gasteiger partial charge in [0, 0.05) is 32.3 Å². The molecule has 1 saturated heterocycles. The van der Waals surface area contributed by atoms with Gasteiger partial charge < -0.3 is 15.3 Å². The molecule has 1 saturated carbocycles. The number of likely N-dealkylation sites (tertiary alicyclic amines) is 1. The Labute approximate surface area is 99.2 Å². The minimum Gasteiger partial charge on any atom is -0.396 e. The summed E-state index contributed by atoms with van der Waals surface area (Å²) in [6.07, 6.45) is 3.90. The van der Waals surface area contributed by atoms with E-state index in [0.717, 1.165) is 32.2 Å². The molecule has 0 aromatic rings. The lowest BCUT2D eigenvalue weighted by atomic mass is 9.92. The fourth-order valence-corrected chi connectivity index (χ4v) is 2.57. The zero-order chi connectivity index (χ0) is 11.6. The molecule has 2 rings (SSSR count). The molecule has 0 bridgehead atoms. The molecular weight excluding hydrogens is 200 g/mol. The molecule has 1 aliphatic carbocycles. The molecule has 2 N–H and O–H groups in total. The second-order valence-corrected chi connectivity index (χ2v) is 6.39. The van der Waals surface area contributed by atoms with Crippen molar-refractivity contribution >= 4 is 0 Å². The molecule has 1 heterocycles. The van der Waals surface area contributed by atoms with Crippen LogP contribution < -0.4 is 5.32 Å². The highest BCUT2D eigenvalue weighted by Crippen LogP contribution is 2.24. The summed E-state index contributed by atoms with van der Waals surface area (Å²) in [6.45, 7) is 9.57. The van der Waals surface area contributed by atoms with E-state index >= 15 is 0 Å². The monoisotopic (exact) mass is 226 g/mol. The van der Waals surface area contributed by atoms with Gasteiger partial charge in [-0.25, -0.2) is 0 Å². The Balaban J connectivity index is 1.69. The van der Waals surface area contributed by atoms with Crippen LogP contribution in [-0.2, 0) is 0 Å². The van der Waals surface area contributed by atoms with E-state index in [0.29, 0.717) is 17.9 Å². The zero-order valence-electron chi connectivity index (χ0n) is 10.7. The molecule has 3 nitrogen and oxygen atoms in total. The van der Waals surface area contributed by atoms with Crippen LogP contribution >= 0.6 is 0 Å². The Kier molecular flexibility index (Phi) is 3.88. The van der Waals surface area contributed by atoms with Gasteiger partial charge in [-0.15, -0.1) is 0 Å². The molecular formula is C13H26N2O. The molecule has 94 valence electrons. The third kappa shape index (κ3) is 3.72. The normalized spacial score (nSPS) is 27.6. The Morgan fingerprint density at radius 3 is 2.62 bits per heavy atom. The second-order valence-electron chi connectivity index (χ2n) is 6.39. The van der Waals surface area contributed by atoms with Crippen LogP contribution in [0.2, 0.25) is 0 Å². The Morgan fingerprint density at radius 2 is 2.06 bits per heavy atom. The third-order valence-electron chi connectivity index (χ3n) is 3.73. The summed E-state index contributed by atoms with van der Waals surface area (Å²) < 4.78 is 0. The fourth-order valence-electron chi connectivity index (χ4n) is 2.57. The molecule has 2 fully saturated rings. The van der Waals surface area contributed by atoms with Crippen LogP contribution in [0.15, 0.2) is 0 Å². The van der Waals surface area contributed by atoms with Crippen molar-refractivity contribution in [2.45, 2.75) is 39.2 Å². The molecule has 1 unspecified atom stereocenters. The van der Waals surface area contributed by atoms with Gasteiger partial charge in [-0.3, -0.25) is 0 Å². The maximum absolute atomic E-state index is 9.13. The quantitative estimate of drug-likeness (QED) is 0.711. The van der Waals surface area contributed by atoms with E-state index in [9.17, 15) is 0 Å².